The second kappa shape index (κ2) is 4.78. The molecule has 0 amide bonds. The number of hydrogen-bond acceptors (Lipinski definition) is 5. The molecule has 1 saturated heterocycles. The van der Waals surface area contributed by atoms with Gasteiger partial charge < -0.3 is 15.0 Å². The standard InChI is InChI=1S/C13H15N3O2/c14-11-5-3-9(4-6-11)12-15-13(18-16-12)10-2-1-7-17-8-10/h3-6,10H,1-2,7-8,14H2. The van der Waals surface area contributed by atoms with Gasteiger partial charge in [0.1, 0.15) is 0 Å². The Kier molecular flexibility index (Phi) is 2.98. The number of nitrogens with two attached hydrogens (primary N) is 1. The Balaban J connectivity index is 1.82. The number of benzene rings is 1. The number of ether oxygens (including phenoxy) is 1. The Labute approximate surface area is 105 Å². The smallest absolute Gasteiger partial charge is 0.232 e. The molecule has 1 aromatic heterocycles. The summed E-state index contributed by atoms with van der Waals surface area (Å²) in [6.45, 7) is 1.50. The fourth-order valence-electron chi connectivity index (χ4n) is 2.09. The normalized spacial score (nSPS) is 19.9. The number of hydrogen-bond donors (Lipinski definition) is 1. The maximum absolute atomic E-state index is 5.65. The zero-order chi connectivity index (χ0) is 12.4. The topological polar surface area (TPSA) is 74.2 Å². The van der Waals surface area contributed by atoms with E-state index in [4.69, 9.17) is 15.0 Å². The van der Waals surface area contributed by atoms with E-state index in [-0.39, 0.29) is 5.92 Å². The van der Waals surface area contributed by atoms with Crippen LogP contribution in [0.1, 0.15) is 24.7 Å². The van der Waals surface area contributed by atoms with E-state index in [0.717, 1.165) is 30.7 Å². The molecule has 94 valence electrons. The Morgan fingerprint density at radius 2 is 2.06 bits per heavy atom. The minimum Gasteiger partial charge on any atom is -0.399 e. The fraction of sp³-hybridized carbons (Fsp3) is 0.385. The van der Waals surface area contributed by atoms with E-state index in [1.807, 2.05) is 24.3 Å². The van der Waals surface area contributed by atoms with Gasteiger partial charge in [-0.25, -0.2) is 0 Å². The number of nitrogens with zero attached hydrogens (tertiary/aromatic N) is 2. The number of nitrogen functional groups attached to an aromatic ring is 1. The van der Waals surface area contributed by atoms with E-state index in [9.17, 15) is 0 Å². The molecule has 1 aliphatic heterocycles. The first-order valence-corrected chi connectivity index (χ1v) is 6.10. The molecule has 1 atom stereocenters. The van der Waals surface area contributed by atoms with E-state index in [1.54, 1.807) is 0 Å². The highest BCUT2D eigenvalue weighted by Crippen LogP contribution is 2.26. The maximum atomic E-state index is 5.65. The van der Waals surface area contributed by atoms with Crippen molar-refractivity contribution in [3.63, 3.8) is 0 Å². The van der Waals surface area contributed by atoms with Crippen LogP contribution >= 0.6 is 0 Å². The SMILES string of the molecule is Nc1ccc(-c2noc(C3CCCOC3)n2)cc1. The summed E-state index contributed by atoms with van der Waals surface area (Å²) in [5.41, 5.74) is 7.28. The van der Waals surface area contributed by atoms with Crippen LogP contribution in [0.2, 0.25) is 0 Å². The van der Waals surface area contributed by atoms with Crippen LogP contribution in [0.15, 0.2) is 28.8 Å². The van der Waals surface area contributed by atoms with Gasteiger partial charge in [0.25, 0.3) is 0 Å². The molecule has 0 saturated carbocycles. The monoisotopic (exact) mass is 245 g/mol. The maximum Gasteiger partial charge on any atom is 0.232 e. The van der Waals surface area contributed by atoms with Crippen LogP contribution in [-0.2, 0) is 4.74 Å². The molecule has 2 N–H and O–H groups in total. The first-order valence-electron chi connectivity index (χ1n) is 6.10. The van der Waals surface area contributed by atoms with E-state index < -0.39 is 0 Å². The zero-order valence-electron chi connectivity index (χ0n) is 10.0. The molecule has 1 unspecified atom stereocenters. The third kappa shape index (κ3) is 2.22. The molecule has 5 heteroatoms. The predicted molar refractivity (Wildman–Crippen MR) is 66.9 cm³/mol. The van der Waals surface area contributed by atoms with Crippen LogP contribution in [-0.4, -0.2) is 23.4 Å². The van der Waals surface area contributed by atoms with Crippen LogP contribution in [0, 0.1) is 0 Å². The van der Waals surface area contributed by atoms with Gasteiger partial charge in [0.05, 0.1) is 12.5 Å². The van der Waals surface area contributed by atoms with Gasteiger partial charge in [-0.2, -0.15) is 4.98 Å². The molecule has 2 aromatic rings. The van der Waals surface area contributed by atoms with E-state index in [2.05, 4.69) is 10.1 Å². The highest BCUT2D eigenvalue weighted by Gasteiger charge is 2.22. The van der Waals surface area contributed by atoms with Gasteiger partial charge in [-0.05, 0) is 37.1 Å². The Morgan fingerprint density at radius 3 is 2.78 bits per heavy atom. The highest BCUT2D eigenvalue weighted by molar-refractivity contribution is 5.58. The second-order valence-electron chi connectivity index (χ2n) is 4.49. The average molecular weight is 245 g/mol. The zero-order valence-corrected chi connectivity index (χ0v) is 10.0. The fourth-order valence-corrected chi connectivity index (χ4v) is 2.09. The third-order valence-electron chi connectivity index (χ3n) is 3.12. The quantitative estimate of drug-likeness (QED) is 0.821. The van der Waals surface area contributed by atoms with E-state index in [1.165, 1.54) is 0 Å². The Bertz CT molecular complexity index is 515. The molecule has 1 aromatic carbocycles. The molecule has 5 nitrogen and oxygen atoms in total. The summed E-state index contributed by atoms with van der Waals surface area (Å²) >= 11 is 0. The van der Waals surface area contributed by atoms with Crippen molar-refractivity contribution < 1.29 is 9.26 Å². The van der Waals surface area contributed by atoms with Crippen molar-refractivity contribution in [2.75, 3.05) is 18.9 Å². The summed E-state index contributed by atoms with van der Waals surface area (Å²) in [6, 6.07) is 7.44. The molecule has 1 fully saturated rings. The van der Waals surface area contributed by atoms with Crippen LogP contribution in [0.3, 0.4) is 0 Å². The molecule has 0 spiro atoms. The van der Waals surface area contributed by atoms with Gasteiger partial charge >= 0.3 is 0 Å². The minimum absolute atomic E-state index is 0.230. The van der Waals surface area contributed by atoms with Crippen LogP contribution in [0.5, 0.6) is 0 Å². The van der Waals surface area contributed by atoms with Crippen LogP contribution in [0.4, 0.5) is 5.69 Å². The summed E-state index contributed by atoms with van der Waals surface area (Å²) in [6.07, 6.45) is 2.09. The lowest BCUT2D eigenvalue weighted by Gasteiger charge is -2.17. The first-order chi connectivity index (χ1) is 8.83. The molecule has 3 rings (SSSR count). The average Bonchev–Trinajstić information content (AvgIpc) is 2.90. The Hall–Kier alpha value is -1.88. The molecule has 0 radical (unpaired) electrons. The molecule has 0 aliphatic carbocycles. The summed E-state index contributed by atoms with van der Waals surface area (Å²) in [4.78, 5) is 4.44. The van der Waals surface area contributed by atoms with Crippen molar-refractivity contribution in [2.45, 2.75) is 18.8 Å². The lowest BCUT2D eigenvalue weighted by Crippen LogP contribution is -2.15. The number of anilines is 1. The molecular formula is C13H15N3O2. The van der Waals surface area contributed by atoms with Crippen LogP contribution < -0.4 is 5.73 Å². The first kappa shape index (κ1) is 11.2. The van der Waals surface area contributed by atoms with Gasteiger partial charge in [0, 0.05) is 17.9 Å². The van der Waals surface area contributed by atoms with E-state index >= 15 is 0 Å². The number of aromatic nitrogens is 2. The summed E-state index contributed by atoms with van der Waals surface area (Å²) in [7, 11) is 0. The lowest BCUT2D eigenvalue weighted by molar-refractivity contribution is 0.0705. The van der Waals surface area contributed by atoms with Crippen molar-refractivity contribution in [1.29, 1.82) is 0 Å². The summed E-state index contributed by atoms with van der Waals surface area (Å²) in [5, 5.41) is 4.01. The van der Waals surface area contributed by atoms with E-state index in [0.29, 0.717) is 18.3 Å². The minimum atomic E-state index is 0.230. The molecule has 1 aliphatic rings. The highest BCUT2D eigenvalue weighted by atomic mass is 16.5. The van der Waals surface area contributed by atoms with Crippen LogP contribution in [0.25, 0.3) is 11.4 Å². The summed E-state index contributed by atoms with van der Waals surface area (Å²) in [5.74, 6) is 1.51. The van der Waals surface area contributed by atoms with Gasteiger partial charge in [-0.1, -0.05) is 5.16 Å². The Morgan fingerprint density at radius 1 is 1.22 bits per heavy atom. The summed E-state index contributed by atoms with van der Waals surface area (Å²) < 4.78 is 10.7. The van der Waals surface area contributed by atoms with Crippen molar-refractivity contribution in [2.24, 2.45) is 0 Å². The van der Waals surface area contributed by atoms with Crippen molar-refractivity contribution >= 4 is 5.69 Å². The van der Waals surface area contributed by atoms with Crippen molar-refractivity contribution in [1.82, 2.24) is 10.1 Å². The molecular weight excluding hydrogens is 230 g/mol. The van der Waals surface area contributed by atoms with Crippen molar-refractivity contribution in [3.05, 3.63) is 30.2 Å². The molecule has 18 heavy (non-hydrogen) atoms. The molecule has 2 heterocycles. The largest absolute Gasteiger partial charge is 0.399 e. The lowest BCUT2D eigenvalue weighted by atomic mass is 10.0. The second-order valence-corrected chi connectivity index (χ2v) is 4.49. The van der Waals surface area contributed by atoms with Gasteiger partial charge in [-0.3, -0.25) is 0 Å². The van der Waals surface area contributed by atoms with Gasteiger partial charge in [0.2, 0.25) is 11.7 Å². The predicted octanol–water partition coefficient (Wildman–Crippen LogP) is 2.21. The van der Waals surface area contributed by atoms with Gasteiger partial charge in [0.15, 0.2) is 0 Å². The van der Waals surface area contributed by atoms with Crippen molar-refractivity contribution in [3.8, 4) is 11.4 Å². The number of rotatable bonds is 2. The van der Waals surface area contributed by atoms with Gasteiger partial charge in [-0.15, -0.1) is 0 Å². The molecule has 0 bridgehead atoms. The third-order valence-corrected chi connectivity index (χ3v) is 3.12.